The molecule has 0 aliphatic heterocycles. The molecular weight excluding hydrogens is 1220 g/mol. The topological polar surface area (TPSA) is 237 Å². The smallest absolute Gasteiger partial charge is 0.462 e. The largest absolute Gasteiger partial charge is 0.472 e. The number of rotatable bonds is 72. The lowest BCUT2D eigenvalue weighted by molar-refractivity contribution is -0.161. The van der Waals surface area contributed by atoms with Crippen LogP contribution in [0.5, 0.6) is 0 Å². The van der Waals surface area contributed by atoms with E-state index in [1.165, 1.54) is 180 Å². The Morgan fingerprint density at radius 2 is 0.495 bits per heavy atom. The Hall–Kier alpha value is -1.94. The van der Waals surface area contributed by atoms with Gasteiger partial charge in [-0.25, -0.2) is 9.13 Å². The number of aliphatic hydroxyl groups excluding tert-OH is 1. The molecule has 0 aromatic heterocycles. The van der Waals surface area contributed by atoms with Crippen LogP contribution >= 0.6 is 15.6 Å². The summed E-state index contributed by atoms with van der Waals surface area (Å²) in [4.78, 5) is 72.7. The highest BCUT2D eigenvalue weighted by Crippen LogP contribution is 2.45. The summed E-state index contributed by atoms with van der Waals surface area (Å²) in [5.74, 6) is 0.154. The Labute approximate surface area is 568 Å². The molecule has 0 aromatic carbocycles. The molecule has 552 valence electrons. The van der Waals surface area contributed by atoms with Gasteiger partial charge < -0.3 is 33.8 Å². The maximum absolute atomic E-state index is 13.1. The van der Waals surface area contributed by atoms with E-state index < -0.39 is 97.5 Å². The zero-order valence-electron chi connectivity index (χ0n) is 60.7. The van der Waals surface area contributed by atoms with Gasteiger partial charge in [0.05, 0.1) is 26.4 Å². The van der Waals surface area contributed by atoms with Crippen LogP contribution in [0.1, 0.15) is 376 Å². The fourth-order valence-corrected chi connectivity index (χ4v) is 12.8. The Bertz CT molecular complexity index is 1820. The van der Waals surface area contributed by atoms with Gasteiger partial charge in [0.1, 0.15) is 19.3 Å². The first kappa shape index (κ1) is 91.1. The number of ether oxygens (including phenoxy) is 4. The van der Waals surface area contributed by atoms with Gasteiger partial charge in [-0.3, -0.25) is 37.3 Å². The summed E-state index contributed by atoms with van der Waals surface area (Å²) in [6, 6.07) is 0. The number of esters is 4. The molecule has 0 radical (unpaired) electrons. The average molecular weight is 1370 g/mol. The molecule has 0 rings (SSSR count). The molecule has 19 heteroatoms. The van der Waals surface area contributed by atoms with Crippen LogP contribution in [0.25, 0.3) is 0 Å². The Balaban J connectivity index is 5.25. The lowest BCUT2D eigenvalue weighted by Gasteiger charge is -2.21. The van der Waals surface area contributed by atoms with Gasteiger partial charge in [-0.05, 0) is 43.4 Å². The van der Waals surface area contributed by atoms with Gasteiger partial charge in [0.2, 0.25) is 0 Å². The monoisotopic (exact) mass is 1370 g/mol. The SMILES string of the molecule is CCCCCCCCCCCCCCC(=O)O[C@H](COC(=O)CCCCCCCCCC(C)C)COP(=O)(O)OC[C@H](O)COP(=O)(O)OC[C@@H](COC(=O)CCCCCCCCCCCCCCC(C)C)OC(=O)CCCCCCCCCCCCCCCC(C)C. The van der Waals surface area contributed by atoms with Gasteiger partial charge >= 0.3 is 39.5 Å². The van der Waals surface area contributed by atoms with Crippen LogP contribution in [0.15, 0.2) is 0 Å². The number of aliphatic hydroxyl groups is 1. The standard InChI is InChI=1S/C74H144O17P2/c1-8-9-10-11-12-13-14-22-28-35-43-50-57-73(78)91-70(62-85-72(77)56-49-42-37-30-33-40-47-54-67(6)7)64-89-93(82,83)87-60-68(75)59-86-92(80,81)88-63-69(61-84-71(76)55-48-41-34-27-23-19-18-21-26-32-39-46-53-66(4)5)90-74(79)58-51-44-36-29-24-17-15-16-20-25-31-38-45-52-65(2)3/h65-70,75H,8-64H2,1-7H3,(H,80,81)(H,82,83)/t68-,69-,70-/m1/s1. The van der Waals surface area contributed by atoms with E-state index in [0.29, 0.717) is 31.6 Å². The zero-order chi connectivity index (χ0) is 68.7. The molecule has 17 nitrogen and oxygen atoms in total. The van der Waals surface area contributed by atoms with Gasteiger partial charge in [0, 0.05) is 25.7 Å². The molecule has 3 N–H and O–H groups in total. The Kier molecular flexibility index (Phi) is 63.4. The molecule has 0 saturated carbocycles. The molecule has 93 heavy (non-hydrogen) atoms. The van der Waals surface area contributed by atoms with Gasteiger partial charge in [-0.1, -0.05) is 325 Å². The lowest BCUT2D eigenvalue weighted by Crippen LogP contribution is -2.30. The van der Waals surface area contributed by atoms with Crippen LogP contribution in [0, 0.1) is 17.8 Å². The van der Waals surface area contributed by atoms with Crippen molar-refractivity contribution in [2.75, 3.05) is 39.6 Å². The highest BCUT2D eigenvalue weighted by Gasteiger charge is 2.30. The first-order valence-corrected chi connectivity index (χ1v) is 41.3. The summed E-state index contributed by atoms with van der Waals surface area (Å²) in [7, 11) is -9.91. The number of hydrogen-bond donors (Lipinski definition) is 3. The van der Waals surface area contributed by atoms with Crippen molar-refractivity contribution >= 4 is 39.5 Å². The van der Waals surface area contributed by atoms with Crippen LogP contribution in [-0.2, 0) is 65.4 Å². The molecule has 0 heterocycles. The first-order valence-electron chi connectivity index (χ1n) is 38.3. The molecule has 0 amide bonds. The number of phosphoric ester groups is 2. The summed E-state index contributed by atoms with van der Waals surface area (Å²) in [6.45, 7) is 11.9. The molecular formula is C74H144O17P2. The van der Waals surface area contributed by atoms with Crippen LogP contribution in [0.4, 0.5) is 0 Å². The van der Waals surface area contributed by atoms with Crippen molar-refractivity contribution in [2.45, 2.75) is 394 Å². The predicted molar refractivity (Wildman–Crippen MR) is 377 cm³/mol. The van der Waals surface area contributed by atoms with Gasteiger partial charge in [-0.15, -0.1) is 0 Å². The molecule has 0 aromatic rings. The van der Waals surface area contributed by atoms with Crippen molar-refractivity contribution < 1.29 is 80.2 Å². The number of unbranched alkanes of at least 4 members (excludes halogenated alkanes) is 40. The molecule has 5 atom stereocenters. The number of carbonyl (C=O) groups is 4. The van der Waals surface area contributed by atoms with Crippen molar-refractivity contribution in [3.05, 3.63) is 0 Å². The first-order chi connectivity index (χ1) is 44.7. The normalized spacial score (nSPS) is 14.1. The molecule has 0 spiro atoms. The maximum atomic E-state index is 13.1. The molecule has 2 unspecified atom stereocenters. The summed E-state index contributed by atoms with van der Waals surface area (Å²) in [5, 5.41) is 10.6. The van der Waals surface area contributed by atoms with Crippen LogP contribution in [0.3, 0.4) is 0 Å². The van der Waals surface area contributed by atoms with E-state index in [4.69, 9.17) is 37.0 Å². The molecule has 0 aliphatic carbocycles. The van der Waals surface area contributed by atoms with E-state index in [1.807, 2.05) is 0 Å². The third-order valence-electron chi connectivity index (χ3n) is 17.1. The third kappa shape index (κ3) is 68.4. The fraction of sp³-hybridized carbons (Fsp3) is 0.946. The molecule has 0 aliphatic rings. The minimum atomic E-state index is -4.96. The van der Waals surface area contributed by atoms with E-state index in [0.717, 1.165) is 108 Å². The van der Waals surface area contributed by atoms with E-state index in [-0.39, 0.29) is 25.7 Å². The molecule has 0 fully saturated rings. The predicted octanol–water partition coefficient (Wildman–Crippen LogP) is 21.4. The summed E-state index contributed by atoms with van der Waals surface area (Å²) < 4.78 is 68.4. The summed E-state index contributed by atoms with van der Waals surface area (Å²) in [6.07, 6.45) is 49.9. The summed E-state index contributed by atoms with van der Waals surface area (Å²) >= 11 is 0. The number of phosphoric acid groups is 2. The highest BCUT2D eigenvalue weighted by molar-refractivity contribution is 7.47. The lowest BCUT2D eigenvalue weighted by atomic mass is 10.0. The van der Waals surface area contributed by atoms with Crippen molar-refractivity contribution in [3.8, 4) is 0 Å². The van der Waals surface area contributed by atoms with Crippen molar-refractivity contribution in [1.82, 2.24) is 0 Å². The minimum Gasteiger partial charge on any atom is -0.462 e. The zero-order valence-corrected chi connectivity index (χ0v) is 62.5. The fourth-order valence-electron chi connectivity index (χ4n) is 11.2. The van der Waals surface area contributed by atoms with Crippen molar-refractivity contribution in [1.29, 1.82) is 0 Å². The van der Waals surface area contributed by atoms with E-state index in [1.54, 1.807) is 0 Å². The van der Waals surface area contributed by atoms with Gasteiger partial charge in [-0.2, -0.15) is 0 Å². The van der Waals surface area contributed by atoms with Crippen LogP contribution < -0.4 is 0 Å². The second kappa shape index (κ2) is 64.7. The second-order valence-electron chi connectivity index (χ2n) is 28.1. The highest BCUT2D eigenvalue weighted by atomic mass is 31.2. The minimum absolute atomic E-state index is 0.106. The third-order valence-corrected chi connectivity index (χ3v) is 19.0. The van der Waals surface area contributed by atoms with Crippen LogP contribution in [-0.4, -0.2) is 96.7 Å². The maximum Gasteiger partial charge on any atom is 0.472 e. The number of carbonyl (C=O) groups excluding carboxylic acids is 4. The Morgan fingerprint density at radius 3 is 0.731 bits per heavy atom. The summed E-state index contributed by atoms with van der Waals surface area (Å²) in [5.41, 5.74) is 0. The quantitative estimate of drug-likeness (QED) is 0.0222. The van der Waals surface area contributed by atoms with Crippen molar-refractivity contribution in [2.24, 2.45) is 17.8 Å². The molecule has 0 bridgehead atoms. The van der Waals surface area contributed by atoms with Crippen LogP contribution in [0.2, 0.25) is 0 Å². The second-order valence-corrected chi connectivity index (χ2v) is 31.0. The number of hydrogen-bond acceptors (Lipinski definition) is 15. The Morgan fingerprint density at radius 1 is 0.290 bits per heavy atom. The molecule has 0 saturated heterocycles. The van der Waals surface area contributed by atoms with E-state index >= 15 is 0 Å². The van der Waals surface area contributed by atoms with Gasteiger partial charge in [0.15, 0.2) is 12.2 Å². The average Bonchev–Trinajstić information content (AvgIpc) is 2.68. The van der Waals surface area contributed by atoms with Gasteiger partial charge in [0.25, 0.3) is 0 Å². The van der Waals surface area contributed by atoms with E-state index in [2.05, 4.69) is 48.5 Å². The van der Waals surface area contributed by atoms with E-state index in [9.17, 15) is 43.2 Å². The van der Waals surface area contributed by atoms with Crippen molar-refractivity contribution in [3.63, 3.8) is 0 Å².